The molecule has 1 unspecified atom stereocenters. The highest BCUT2D eigenvalue weighted by Crippen LogP contribution is 2.31. The van der Waals surface area contributed by atoms with Crippen molar-refractivity contribution in [1.29, 1.82) is 0 Å². The fraction of sp³-hybridized carbons (Fsp3) is 0.370. The number of carbonyl (C=O) groups excluding carboxylic acids is 1. The van der Waals surface area contributed by atoms with Crippen molar-refractivity contribution in [2.75, 3.05) is 19.6 Å². The Balaban J connectivity index is 1.41. The van der Waals surface area contributed by atoms with Gasteiger partial charge in [-0.3, -0.25) is 14.3 Å². The van der Waals surface area contributed by atoms with Gasteiger partial charge in [-0.1, -0.05) is 43.3 Å². The van der Waals surface area contributed by atoms with Crippen LogP contribution in [0.15, 0.2) is 59.3 Å². The van der Waals surface area contributed by atoms with Gasteiger partial charge in [-0.25, -0.2) is 4.98 Å². The average Bonchev–Trinajstić information content (AvgIpc) is 3.58. The number of aromatic nitrogens is 5. The summed E-state index contributed by atoms with van der Waals surface area (Å²) in [4.78, 5) is 23.8. The molecular weight excluding hydrogens is 538 g/mol. The summed E-state index contributed by atoms with van der Waals surface area (Å²) in [6, 6.07) is 11.5. The van der Waals surface area contributed by atoms with Gasteiger partial charge in [0.1, 0.15) is 10.7 Å². The van der Waals surface area contributed by atoms with Crippen LogP contribution < -0.4 is 5.32 Å². The van der Waals surface area contributed by atoms with E-state index in [-0.39, 0.29) is 11.9 Å². The molecule has 0 aliphatic carbocycles. The minimum atomic E-state index is -0.130. The Morgan fingerprint density at radius 1 is 1.18 bits per heavy atom. The molecule has 0 spiro atoms. The molecule has 11 heteroatoms. The summed E-state index contributed by atoms with van der Waals surface area (Å²) in [5, 5.41) is 16.0. The third-order valence-corrected chi connectivity index (χ3v) is 8.34. The van der Waals surface area contributed by atoms with Crippen molar-refractivity contribution in [2.45, 2.75) is 50.6 Å². The van der Waals surface area contributed by atoms with E-state index in [1.54, 1.807) is 12.4 Å². The first-order chi connectivity index (χ1) is 18.5. The predicted molar refractivity (Wildman–Crippen MR) is 155 cm³/mol. The maximum atomic E-state index is 12.8. The zero-order valence-electron chi connectivity index (χ0n) is 21.8. The van der Waals surface area contributed by atoms with Gasteiger partial charge in [0.2, 0.25) is 0 Å². The third-order valence-electron chi connectivity index (χ3n) is 6.13. The number of hydrogen-bond acceptors (Lipinski definition) is 8. The van der Waals surface area contributed by atoms with Gasteiger partial charge < -0.3 is 10.2 Å². The van der Waals surface area contributed by atoms with E-state index in [0.29, 0.717) is 27.5 Å². The number of benzene rings is 1. The molecule has 3 heterocycles. The topological polar surface area (TPSA) is 88.8 Å². The maximum absolute atomic E-state index is 12.8. The van der Waals surface area contributed by atoms with E-state index in [1.807, 2.05) is 53.3 Å². The number of pyridine rings is 1. The van der Waals surface area contributed by atoms with Crippen molar-refractivity contribution in [3.8, 4) is 17.1 Å². The van der Waals surface area contributed by atoms with Crippen molar-refractivity contribution in [3.63, 3.8) is 0 Å². The van der Waals surface area contributed by atoms with Crippen molar-refractivity contribution >= 4 is 40.6 Å². The lowest BCUT2D eigenvalue weighted by atomic mass is 10.1. The Kier molecular flexibility index (Phi) is 10.3. The molecule has 0 aliphatic rings. The fourth-order valence-corrected chi connectivity index (χ4v) is 5.97. The quantitative estimate of drug-likeness (QED) is 0.198. The largest absolute Gasteiger partial charge is 0.348 e. The molecular formula is C27H32ClN7OS2. The van der Waals surface area contributed by atoms with E-state index in [1.165, 1.54) is 23.1 Å². The molecule has 3 aromatic heterocycles. The molecule has 38 heavy (non-hydrogen) atoms. The Morgan fingerprint density at radius 3 is 2.71 bits per heavy atom. The van der Waals surface area contributed by atoms with Gasteiger partial charge >= 0.3 is 0 Å². The molecule has 0 radical (unpaired) electrons. The summed E-state index contributed by atoms with van der Waals surface area (Å²) < 4.78 is 1.98. The van der Waals surface area contributed by atoms with Crippen LogP contribution in [0.2, 0.25) is 5.02 Å². The maximum Gasteiger partial charge on any atom is 0.270 e. The molecule has 4 aromatic rings. The molecule has 0 saturated carbocycles. The summed E-state index contributed by atoms with van der Waals surface area (Å²) in [6.07, 6.45) is 5.45. The first-order valence-electron chi connectivity index (χ1n) is 12.7. The zero-order valence-corrected chi connectivity index (χ0v) is 24.2. The Bertz CT molecular complexity index is 1320. The number of nitrogens with zero attached hydrogens (tertiary/aromatic N) is 6. The van der Waals surface area contributed by atoms with E-state index in [4.69, 9.17) is 11.6 Å². The van der Waals surface area contributed by atoms with Crippen LogP contribution in [0.1, 0.15) is 49.1 Å². The molecule has 1 N–H and O–H groups in total. The van der Waals surface area contributed by atoms with Gasteiger partial charge in [0.25, 0.3) is 5.91 Å². The van der Waals surface area contributed by atoms with Gasteiger partial charge in [0.15, 0.2) is 11.0 Å². The lowest BCUT2D eigenvalue weighted by Crippen LogP contribution is -2.33. The van der Waals surface area contributed by atoms with E-state index in [0.717, 1.165) is 48.7 Å². The van der Waals surface area contributed by atoms with Gasteiger partial charge in [0, 0.05) is 34.4 Å². The monoisotopic (exact) mass is 569 g/mol. The number of thioether (sulfide) groups is 1. The van der Waals surface area contributed by atoms with Gasteiger partial charge in [-0.05, 0) is 69.7 Å². The van der Waals surface area contributed by atoms with Crippen LogP contribution in [0, 0.1) is 0 Å². The number of nitrogens with one attached hydrogen (secondary N) is 1. The van der Waals surface area contributed by atoms with Crippen molar-refractivity contribution in [2.24, 2.45) is 0 Å². The molecule has 1 atom stereocenters. The van der Waals surface area contributed by atoms with Gasteiger partial charge in [0.05, 0.1) is 11.4 Å². The summed E-state index contributed by atoms with van der Waals surface area (Å²) in [5.74, 6) is 1.13. The van der Waals surface area contributed by atoms with Crippen LogP contribution >= 0.6 is 34.7 Å². The predicted octanol–water partition coefficient (Wildman–Crippen LogP) is 5.97. The molecule has 0 bridgehead atoms. The Labute approximate surface area is 236 Å². The van der Waals surface area contributed by atoms with Gasteiger partial charge in [-0.2, -0.15) is 0 Å². The van der Waals surface area contributed by atoms with Crippen LogP contribution in [-0.2, 0) is 5.75 Å². The second kappa shape index (κ2) is 13.8. The van der Waals surface area contributed by atoms with Crippen LogP contribution in [0.4, 0.5) is 0 Å². The molecule has 4 rings (SSSR count). The SMILES string of the molecule is CCN(CC)CCCC(C)NC(=O)c1csc(CSc2nnc(-c3ccncc3)n2-c2cccc(Cl)c2)n1. The number of amides is 1. The average molecular weight is 570 g/mol. The standard InChI is InChI=1S/C27H32ClN7OS2/c1-4-34(5-2)15-7-8-19(3)30-26(36)23-17-37-24(31-23)18-38-27-33-32-25(20-11-13-29-14-12-20)35(27)22-10-6-9-21(28)16-22/h6,9-14,16-17,19H,4-5,7-8,15,18H2,1-3H3,(H,30,36). The van der Waals surface area contributed by atoms with E-state index in [2.05, 4.69) is 44.2 Å². The molecule has 1 aromatic carbocycles. The molecule has 0 aliphatic heterocycles. The van der Waals surface area contributed by atoms with E-state index in [9.17, 15) is 4.79 Å². The Hall–Kier alpha value is -2.79. The number of halogens is 1. The molecule has 0 fully saturated rings. The highest BCUT2D eigenvalue weighted by atomic mass is 35.5. The van der Waals surface area contributed by atoms with Crippen LogP contribution in [0.3, 0.4) is 0 Å². The van der Waals surface area contributed by atoms with Crippen molar-refractivity contribution < 1.29 is 4.79 Å². The summed E-state index contributed by atoms with van der Waals surface area (Å²) in [5.41, 5.74) is 2.22. The molecule has 200 valence electrons. The number of carbonyl (C=O) groups is 1. The molecule has 0 saturated heterocycles. The van der Waals surface area contributed by atoms with E-state index < -0.39 is 0 Å². The first-order valence-corrected chi connectivity index (χ1v) is 14.9. The summed E-state index contributed by atoms with van der Waals surface area (Å²) in [6.45, 7) is 9.55. The van der Waals surface area contributed by atoms with Crippen molar-refractivity contribution in [1.82, 2.24) is 34.9 Å². The minimum absolute atomic E-state index is 0.0976. The second-order valence-electron chi connectivity index (χ2n) is 8.82. The van der Waals surface area contributed by atoms with Crippen LogP contribution in [0.25, 0.3) is 17.1 Å². The lowest BCUT2D eigenvalue weighted by molar-refractivity contribution is 0.0932. The van der Waals surface area contributed by atoms with Crippen molar-refractivity contribution in [3.05, 3.63) is 69.9 Å². The molecule has 1 amide bonds. The van der Waals surface area contributed by atoms with Gasteiger partial charge in [-0.15, -0.1) is 21.5 Å². The lowest BCUT2D eigenvalue weighted by Gasteiger charge is -2.19. The molecule has 8 nitrogen and oxygen atoms in total. The third kappa shape index (κ3) is 7.41. The number of hydrogen-bond donors (Lipinski definition) is 1. The summed E-state index contributed by atoms with van der Waals surface area (Å²) >= 11 is 9.28. The minimum Gasteiger partial charge on any atom is -0.348 e. The Morgan fingerprint density at radius 2 is 1.97 bits per heavy atom. The first kappa shape index (κ1) is 28.2. The normalized spacial score (nSPS) is 12.1. The summed E-state index contributed by atoms with van der Waals surface area (Å²) in [7, 11) is 0. The highest BCUT2D eigenvalue weighted by molar-refractivity contribution is 7.98. The van der Waals surface area contributed by atoms with Crippen LogP contribution in [0.5, 0.6) is 0 Å². The van der Waals surface area contributed by atoms with E-state index >= 15 is 0 Å². The van der Waals surface area contributed by atoms with Crippen LogP contribution in [-0.4, -0.2) is 61.2 Å². The zero-order chi connectivity index (χ0) is 26.9. The second-order valence-corrected chi connectivity index (χ2v) is 11.1. The fourth-order valence-electron chi connectivity index (χ4n) is 4.04. The smallest absolute Gasteiger partial charge is 0.270 e. The number of rotatable bonds is 13. The number of thiazole rings is 1. The highest BCUT2D eigenvalue weighted by Gasteiger charge is 2.18.